The second-order valence-electron chi connectivity index (χ2n) is 4.78. The average molecular weight is 298 g/mol. The number of benzene rings is 2. The number of ether oxygens (including phenoxy) is 1. The van der Waals surface area contributed by atoms with Gasteiger partial charge >= 0.3 is 0 Å². The largest absolute Gasteiger partial charge is 0.497 e. The van der Waals surface area contributed by atoms with Crippen molar-refractivity contribution in [2.75, 3.05) is 12.4 Å². The van der Waals surface area contributed by atoms with E-state index in [0.29, 0.717) is 17.0 Å². The standard InChI is InChI=1S/C17H18N2O3/c1-12(18-17(21)13-7-4-3-5-8-13)16(20)19-14-9-6-10-15(11-14)22-2/h3-12H,1-2H3,(H,18,21)(H,19,20)/t12-/m1/s1. The lowest BCUT2D eigenvalue weighted by Crippen LogP contribution is -2.41. The Bertz CT molecular complexity index is 656. The summed E-state index contributed by atoms with van der Waals surface area (Å²) in [6.07, 6.45) is 0. The van der Waals surface area contributed by atoms with Crippen molar-refractivity contribution in [2.45, 2.75) is 13.0 Å². The monoisotopic (exact) mass is 298 g/mol. The van der Waals surface area contributed by atoms with Crippen molar-refractivity contribution in [1.82, 2.24) is 5.32 Å². The summed E-state index contributed by atoms with van der Waals surface area (Å²) in [5.74, 6) is 0.0743. The molecular formula is C17H18N2O3. The van der Waals surface area contributed by atoms with Crippen molar-refractivity contribution in [2.24, 2.45) is 0 Å². The van der Waals surface area contributed by atoms with Crippen molar-refractivity contribution < 1.29 is 14.3 Å². The van der Waals surface area contributed by atoms with Gasteiger partial charge in [-0.15, -0.1) is 0 Å². The Hall–Kier alpha value is -2.82. The van der Waals surface area contributed by atoms with Crippen LogP contribution in [0, 0.1) is 0 Å². The second kappa shape index (κ2) is 7.26. The van der Waals surface area contributed by atoms with Crippen molar-refractivity contribution in [3.63, 3.8) is 0 Å². The maximum Gasteiger partial charge on any atom is 0.251 e. The molecule has 114 valence electrons. The van der Waals surface area contributed by atoms with Gasteiger partial charge in [0.05, 0.1) is 7.11 Å². The van der Waals surface area contributed by atoms with Gasteiger partial charge in [0.25, 0.3) is 5.91 Å². The number of carbonyl (C=O) groups excluding carboxylic acids is 2. The number of nitrogens with one attached hydrogen (secondary N) is 2. The zero-order valence-corrected chi connectivity index (χ0v) is 12.5. The second-order valence-corrected chi connectivity index (χ2v) is 4.78. The van der Waals surface area contributed by atoms with Crippen molar-refractivity contribution in [3.05, 3.63) is 60.2 Å². The van der Waals surface area contributed by atoms with Crippen LogP contribution in [0.1, 0.15) is 17.3 Å². The fraction of sp³-hybridized carbons (Fsp3) is 0.176. The number of hydrogen-bond donors (Lipinski definition) is 2. The minimum atomic E-state index is -0.654. The van der Waals surface area contributed by atoms with Crippen LogP contribution in [0.2, 0.25) is 0 Å². The van der Waals surface area contributed by atoms with Crippen LogP contribution in [0.25, 0.3) is 0 Å². The van der Waals surface area contributed by atoms with Gasteiger partial charge in [-0.05, 0) is 31.2 Å². The third-order valence-electron chi connectivity index (χ3n) is 3.11. The van der Waals surface area contributed by atoms with Gasteiger partial charge in [-0.3, -0.25) is 9.59 Å². The first-order valence-electron chi connectivity index (χ1n) is 6.91. The van der Waals surface area contributed by atoms with Gasteiger partial charge in [0.1, 0.15) is 11.8 Å². The zero-order valence-electron chi connectivity index (χ0n) is 12.5. The first-order chi connectivity index (χ1) is 10.6. The van der Waals surface area contributed by atoms with Gasteiger partial charge in [0.15, 0.2) is 0 Å². The first-order valence-corrected chi connectivity index (χ1v) is 6.91. The molecule has 0 spiro atoms. The molecule has 0 saturated carbocycles. The first kappa shape index (κ1) is 15.6. The van der Waals surface area contributed by atoms with Crippen LogP contribution in [0.4, 0.5) is 5.69 Å². The summed E-state index contributed by atoms with van der Waals surface area (Å²) in [5.41, 5.74) is 1.13. The highest BCUT2D eigenvalue weighted by atomic mass is 16.5. The minimum absolute atomic E-state index is 0.283. The summed E-state index contributed by atoms with van der Waals surface area (Å²) < 4.78 is 5.10. The van der Waals surface area contributed by atoms with Crippen molar-refractivity contribution >= 4 is 17.5 Å². The molecule has 0 unspecified atom stereocenters. The number of methoxy groups -OCH3 is 1. The van der Waals surface area contributed by atoms with Gasteiger partial charge in [-0.25, -0.2) is 0 Å². The smallest absolute Gasteiger partial charge is 0.251 e. The third-order valence-corrected chi connectivity index (χ3v) is 3.11. The van der Waals surface area contributed by atoms with Gasteiger partial charge < -0.3 is 15.4 Å². The fourth-order valence-corrected chi connectivity index (χ4v) is 1.89. The Morgan fingerprint density at radius 1 is 1.05 bits per heavy atom. The molecule has 1 atom stereocenters. The molecule has 0 heterocycles. The summed E-state index contributed by atoms with van der Waals surface area (Å²) in [5, 5.41) is 5.40. The van der Waals surface area contributed by atoms with Crippen LogP contribution >= 0.6 is 0 Å². The molecule has 2 rings (SSSR count). The van der Waals surface area contributed by atoms with Crippen molar-refractivity contribution in [1.29, 1.82) is 0 Å². The molecule has 2 amide bonds. The molecule has 0 aliphatic carbocycles. The van der Waals surface area contributed by atoms with E-state index in [-0.39, 0.29) is 11.8 Å². The normalized spacial score (nSPS) is 11.4. The van der Waals surface area contributed by atoms with Gasteiger partial charge in [-0.1, -0.05) is 24.3 Å². The predicted molar refractivity (Wildman–Crippen MR) is 85.0 cm³/mol. The predicted octanol–water partition coefficient (Wildman–Crippen LogP) is 2.45. The molecular weight excluding hydrogens is 280 g/mol. The number of rotatable bonds is 5. The highest BCUT2D eigenvalue weighted by Gasteiger charge is 2.16. The summed E-state index contributed by atoms with van der Waals surface area (Å²) in [6.45, 7) is 1.64. The molecule has 0 aliphatic heterocycles. The van der Waals surface area contributed by atoms with Crippen LogP contribution in [-0.4, -0.2) is 25.0 Å². The van der Waals surface area contributed by atoms with Gasteiger partial charge in [0, 0.05) is 17.3 Å². The number of carbonyl (C=O) groups is 2. The lowest BCUT2D eigenvalue weighted by Gasteiger charge is -2.14. The molecule has 0 fully saturated rings. The Balaban J connectivity index is 1.96. The van der Waals surface area contributed by atoms with E-state index in [4.69, 9.17) is 4.74 Å². The molecule has 22 heavy (non-hydrogen) atoms. The van der Waals surface area contributed by atoms with Gasteiger partial charge in [0.2, 0.25) is 5.91 Å². The van der Waals surface area contributed by atoms with E-state index in [1.165, 1.54) is 0 Å². The topological polar surface area (TPSA) is 67.4 Å². The number of hydrogen-bond acceptors (Lipinski definition) is 3. The SMILES string of the molecule is COc1cccc(NC(=O)[C@@H](C)NC(=O)c2ccccc2)c1. The molecule has 2 aromatic carbocycles. The van der Waals surface area contributed by atoms with Crippen LogP contribution in [0.3, 0.4) is 0 Å². The number of anilines is 1. The lowest BCUT2D eigenvalue weighted by atomic mass is 10.2. The Morgan fingerprint density at radius 3 is 2.45 bits per heavy atom. The van der Waals surface area contributed by atoms with E-state index >= 15 is 0 Å². The highest BCUT2D eigenvalue weighted by molar-refractivity contribution is 6.00. The van der Waals surface area contributed by atoms with Crippen LogP contribution in [-0.2, 0) is 4.79 Å². The van der Waals surface area contributed by atoms with Crippen LogP contribution < -0.4 is 15.4 Å². The fourth-order valence-electron chi connectivity index (χ4n) is 1.89. The zero-order chi connectivity index (χ0) is 15.9. The molecule has 0 radical (unpaired) electrons. The van der Waals surface area contributed by atoms with Crippen LogP contribution in [0.5, 0.6) is 5.75 Å². The molecule has 2 N–H and O–H groups in total. The Morgan fingerprint density at radius 2 is 1.77 bits per heavy atom. The summed E-state index contributed by atoms with van der Waals surface area (Å²) in [4.78, 5) is 24.1. The average Bonchev–Trinajstić information content (AvgIpc) is 2.55. The quantitative estimate of drug-likeness (QED) is 0.891. The molecule has 2 aromatic rings. The Kier molecular flexibility index (Phi) is 5.14. The van der Waals surface area contributed by atoms with Crippen LogP contribution in [0.15, 0.2) is 54.6 Å². The van der Waals surface area contributed by atoms with E-state index < -0.39 is 6.04 Å². The van der Waals surface area contributed by atoms with E-state index in [2.05, 4.69) is 10.6 Å². The maximum absolute atomic E-state index is 12.1. The summed E-state index contributed by atoms with van der Waals surface area (Å²) in [7, 11) is 1.56. The summed E-state index contributed by atoms with van der Waals surface area (Å²) in [6, 6.07) is 15.2. The Labute approximate surface area is 129 Å². The van der Waals surface area contributed by atoms with E-state index in [0.717, 1.165) is 0 Å². The highest BCUT2D eigenvalue weighted by Crippen LogP contribution is 2.16. The maximum atomic E-state index is 12.1. The summed E-state index contributed by atoms with van der Waals surface area (Å²) >= 11 is 0. The molecule has 0 aliphatic rings. The van der Waals surface area contributed by atoms with E-state index in [9.17, 15) is 9.59 Å². The van der Waals surface area contributed by atoms with Crippen molar-refractivity contribution in [3.8, 4) is 5.75 Å². The minimum Gasteiger partial charge on any atom is -0.497 e. The lowest BCUT2D eigenvalue weighted by molar-refractivity contribution is -0.117. The molecule has 0 bridgehead atoms. The van der Waals surface area contributed by atoms with E-state index in [1.807, 2.05) is 6.07 Å². The molecule has 0 saturated heterocycles. The molecule has 0 aromatic heterocycles. The third kappa shape index (κ3) is 4.09. The van der Waals surface area contributed by atoms with E-state index in [1.54, 1.807) is 62.6 Å². The van der Waals surface area contributed by atoms with Gasteiger partial charge in [-0.2, -0.15) is 0 Å². The number of amides is 2. The molecule has 5 heteroatoms. The molecule has 5 nitrogen and oxygen atoms in total.